The van der Waals surface area contributed by atoms with Crippen molar-refractivity contribution < 1.29 is 4.39 Å². The minimum absolute atomic E-state index is 0.278. The molecule has 5 heteroatoms. The number of aromatic nitrogens is 2. The van der Waals surface area contributed by atoms with E-state index in [9.17, 15) is 4.39 Å². The second-order valence-electron chi connectivity index (χ2n) is 3.83. The molecule has 0 aliphatic heterocycles. The van der Waals surface area contributed by atoms with Crippen molar-refractivity contribution in [1.29, 1.82) is 0 Å². The number of benzene rings is 1. The molecule has 0 fully saturated rings. The van der Waals surface area contributed by atoms with Crippen molar-refractivity contribution >= 4 is 11.5 Å². The summed E-state index contributed by atoms with van der Waals surface area (Å²) in [6.07, 6.45) is 2.34. The lowest BCUT2D eigenvalue weighted by Crippen LogP contribution is -2.23. The summed E-state index contributed by atoms with van der Waals surface area (Å²) in [6, 6.07) is 10.2. The standard InChI is InChI=1S/C13H15FN4/c14-11-5-1-2-6-12(11)18(10-4-8-15)13-7-3-9-16-17-13/h1-3,5-7,9H,4,8,10,15H2. The van der Waals surface area contributed by atoms with Gasteiger partial charge in [-0.05, 0) is 37.2 Å². The fourth-order valence-electron chi connectivity index (χ4n) is 1.72. The molecule has 0 aliphatic carbocycles. The number of nitrogens with zero attached hydrogens (tertiary/aromatic N) is 3. The predicted octanol–water partition coefficient (Wildman–Crippen LogP) is 2.10. The van der Waals surface area contributed by atoms with Gasteiger partial charge in [-0.2, -0.15) is 5.10 Å². The first-order chi connectivity index (χ1) is 8.83. The highest BCUT2D eigenvalue weighted by Crippen LogP contribution is 2.25. The van der Waals surface area contributed by atoms with Gasteiger partial charge < -0.3 is 10.6 Å². The third-order valence-corrected chi connectivity index (χ3v) is 2.56. The Hall–Kier alpha value is -2.01. The van der Waals surface area contributed by atoms with Crippen molar-refractivity contribution in [2.45, 2.75) is 6.42 Å². The van der Waals surface area contributed by atoms with Gasteiger partial charge in [0.05, 0.1) is 5.69 Å². The maximum absolute atomic E-state index is 13.8. The third kappa shape index (κ3) is 2.81. The zero-order valence-corrected chi connectivity index (χ0v) is 9.96. The number of rotatable bonds is 5. The van der Waals surface area contributed by atoms with Gasteiger partial charge in [-0.1, -0.05) is 12.1 Å². The third-order valence-electron chi connectivity index (χ3n) is 2.56. The number of anilines is 2. The van der Waals surface area contributed by atoms with E-state index in [1.54, 1.807) is 41.4 Å². The van der Waals surface area contributed by atoms with Crippen LogP contribution in [0.3, 0.4) is 0 Å². The highest BCUT2D eigenvalue weighted by atomic mass is 19.1. The van der Waals surface area contributed by atoms with Crippen LogP contribution in [0, 0.1) is 5.82 Å². The van der Waals surface area contributed by atoms with Gasteiger partial charge >= 0.3 is 0 Å². The van der Waals surface area contributed by atoms with Gasteiger partial charge in [0.1, 0.15) is 5.82 Å². The van der Waals surface area contributed by atoms with Gasteiger partial charge in [-0.25, -0.2) is 4.39 Å². The molecule has 2 aromatic rings. The van der Waals surface area contributed by atoms with Crippen molar-refractivity contribution in [3.8, 4) is 0 Å². The summed E-state index contributed by atoms with van der Waals surface area (Å²) >= 11 is 0. The molecule has 0 amide bonds. The number of hydrogen-bond donors (Lipinski definition) is 1. The van der Waals surface area contributed by atoms with Crippen molar-refractivity contribution in [1.82, 2.24) is 10.2 Å². The van der Waals surface area contributed by atoms with Crippen LogP contribution in [0.1, 0.15) is 6.42 Å². The molecule has 0 radical (unpaired) electrons. The topological polar surface area (TPSA) is 55.0 Å². The molecule has 1 aromatic heterocycles. The van der Waals surface area contributed by atoms with Gasteiger partial charge in [0.25, 0.3) is 0 Å². The number of para-hydroxylation sites is 1. The molecular formula is C13H15FN4. The summed E-state index contributed by atoms with van der Waals surface area (Å²) in [5, 5.41) is 7.84. The molecule has 1 aromatic carbocycles. The molecule has 0 spiro atoms. The Bertz CT molecular complexity index is 489. The summed E-state index contributed by atoms with van der Waals surface area (Å²) in [7, 11) is 0. The Morgan fingerprint density at radius 1 is 1.17 bits per heavy atom. The Balaban J connectivity index is 2.34. The van der Waals surface area contributed by atoms with Crippen LogP contribution in [0.5, 0.6) is 0 Å². The Morgan fingerprint density at radius 2 is 2.00 bits per heavy atom. The number of hydrogen-bond acceptors (Lipinski definition) is 4. The smallest absolute Gasteiger partial charge is 0.155 e. The second-order valence-corrected chi connectivity index (χ2v) is 3.83. The average molecular weight is 246 g/mol. The molecule has 0 aliphatic rings. The van der Waals surface area contributed by atoms with E-state index in [0.717, 1.165) is 6.42 Å². The zero-order valence-electron chi connectivity index (χ0n) is 9.96. The number of nitrogens with two attached hydrogens (primary N) is 1. The normalized spacial score (nSPS) is 10.3. The molecule has 94 valence electrons. The van der Waals surface area contributed by atoms with Crippen LogP contribution >= 0.6 is 0 Å². The van der Waals surface area contributed by atoms with Crippen LogP contribution in [0.15, 0.2) is 42.6 Å². The molecular weight excluding hydrogens is 231 g/mol. The highest BCUT2D eigenvalue weighted by Gasteiger charge is 2.13. The molecule has 0 bridgehead atoms. The van der Waals surface area contributed by atoms with Gasteiger partial charge in [-0.3, -0.25) is 0 Å². The summed E-state index contributed by atoms with van der Waals surface area (Å²) in [5.74, 6) is 0.344. The first-order valence-corrected chi connectivity index (χ1v) is 5.83. The van der Waals surface area contributed by atoms with Crippen LogP contribution in [0.2, 0.25) is 0 Å². The van der Waals surface area contributed by atoms with E-state index in [0.29, 0.717) is 24.6 Å². The van der Waals surface area contributed by atoms with Gasteiger partial charge in [0, 0.05) is 12.7 Å². The molecule has 0 saturated carbocycles. The molecule has 0 atom stereocenters. The second kappa shape index (κ2) is 6.07. The zero-order chi connectivity index (χ0) is 12.8. The summed E-state index contributed by atoms with van der Waals surface area (Å²) in [4.78, 5) is 1.79. The average Bonchev–Trinajstić information content (AvgIpc) is 2.42. The van der Waals surface area contributed by atoms with E-state index in [1.807, 2.05) is 0 Å². The Labute approximate surface area is 105 Å². The molecule has 0 saturated heterocycles. The summed E-state index contributed by atoms with van der Waals surface area (Å²) in [5.41, 5.74) is 6.01. The summed E-state index contributed by atoms with van der Waals surface area (Å²) in [6.45, 7) is 1.15. The van der Waals surface area contributed by atoms with Crippen LogP contribution in [0.25, 0.3) is 0 Å². The van der Waals surface area contributed by atoms with E-state index >= 15 is 0 Å². The van der Waals surface area contributed by atoms with Crippen LogP contribution < -0.4 is 10.6 Å². The summed E-state index contributed by atoms with van der Waals surface area (Å²) < 4.78 is 13.8. The van der Waals surface area contributed by atoms with Crippen molar-refractivity contribution in [3.63, 3.8) is 0 Å². The molecule has 18 heavy (non-hydrogen) atoms. The largest absolute Gasteiger partial charge is 0.330 e. The molecule has 1 heterocycles. The van der Waals surface area contributed by atoms with Crippen LogP contribution in [0.4, 0.5) is 15.9 Å². The maximum atomic E-state index is 13.8. The monoisotopic (exact) mass is 246 g/mol. The van der Waals surface area contributed by atoms with Crippen molar-refractivity contribution in [3.05, 3.63) is 48.4 Å². The van der Waals surface area contributed by atoms with E-state index in [4.69, 9.17) is 5.73 Å². The lowest BCUT2D eigenvalue weighted by molar-refractivity contribution is 0.622. The Morgan fingerprint density at radius 3 is 2.67 bits per heavy atom. The predicted molar refractivity (Wildman–Crippen MR) is 69.1 cm³/mol. The van der Waals surface area contributed by atoms with E-state index in [-0.39, 0.29) is 5.82 Å². The maximum Gasteiger partial charge on any atom is 0.155 e. The minimum Gasteiger partial charge on any atom is -0.330 e. The lowest BCUT2D eigenvalue weighted by Gasteiger charge is -2.23. The molecule has 2 N–H and O–H groups in total. The molecule has 4 nitrogen and oxygen atoms in total. The first kappa shape index (κ1) is 12.4. The lowest BCUT2D eigenvalue weighted by atomic mass is 10.2. The fourth-order valence-corrected chi connectivity index (χ4v) is 1.72. The molecule has 2 rings (SSSR count). The van der Waals surface area contributed by atoms with Crippen LogP contribution in [-0.4, -0.2) is 23.3 Å². The first-order valence-electron chi connectivity index (χ1n) is 5.83. The van der Waals surface area contributed by atoms with E-state index in [1.165, 1.54) is 6.07 Å². The van der Waals surface area contributed by atoms with Crippen LogP contribution in [-0.2, 0) is 0 Å². The van der Waals surface area contributed by atoms with E-state index in [2.05, 4.69) is 10.2 Å². The quantitative estimate of drug-likeness (QED) is 0.877. The fraction of sp³-hybridized carbons (Fsp3) is 0.231. The number of halogens is 1. The van der Waals surface area contributed by atoms with Crippen molar-refractivity contribution in [2.24, 2.45) is 5.73 Å². The van der Waals surface area contributed by atoms with Gasteiger partial charge in [0.15, 0.2) is 5.82 Å². The van der Waals surface area contributed by atoms with Crippen molar-refractivity contribution in [2.75, 3.05) is 18.0 Å². The highest BCUT2D eigenvalue weighted by molar-refractivity contribution is 5.59. The molecule has 0 unspecified atom stereocenters. The minimum atomic E-state index is -0.278. The van der Waals surface area contributed by atoms with E-state index < -0.39 is 0 Å². The van der Waals surface area contributed by atoms with Gasteiger partial charge in [-0.15, -0.1) is 5.10 Å². The SMILES string of the molecule is NCCCN(c1cccnn1)c1ccccc1F. The van der Waals surface area contributed by atoms with Gasteiger partial charge in [0.2, 0.25) is 0 Å². The Kier molecular flexibility index (Phi) is 4.20.